The minimum absolute atomic E-state index is 0.00986. The van der Waals surface area contributed by atoms with E-state index >= 15 is 0 Å². The van der Waals surface area contributed by atoms with Crippen LogP contribution in [0.4, 0.5) is 15.8 Å². The number of anilines is 1. The maximum Gasteiger partial charge on any atom is 0.294 e. The van der Waals surface area contributed by atoms with E-state index in [1.54, 1.807) is 6.07 Å². The number of nitro benzene ring substituents is 1. The van der Waals surface area contributed by atoms with E-state index in [9.17, 15) is 19.3 Å². The molecule has 0 aliphatic rings. The number of nitro groups is 1. The van der Waals surface area contributed by atoms with Crippen molar-refractivity contribution >= 4 is 40.6 Å². The van der Waals surface area contributed by atoms with E-state index in [0.29, 0.717) is 0 Å². The first-order valence-corrected chi connectivity index (χ1v) is 8.75. The van der Waals surface area contributed by atoms with Gasteiger partial charge < -0.3 is 9.73 Å². The SMILES string of the molecule is O=C(CSc1nnc(-c2ccccc2F)o1)Nc1ccc(Cl)cc1[N+](=O)[O-]. The summed E-state index contributed by atoms with van der Waals surface area (Å²) in [5.41, 5.74) is -0.147. The monoisotopic (exact) mass is 408 g/mol. The predicted octanol–water partition coefficient (Wildman–Crippen LogP) is 4.17. The van der Waals surface area contributed by atoms with E-state index < -0.39 is 16.6 Å². The minimum atomic E-state index is -0.646. The van der Waals surface area contributed by atoms with Gasteiger partial charge in [-0.2, -0.15) is 0 Å². The number of benzene rings is 2. The highest BCUT2D eigenvalue weighted by Gasteiger charge is 2.18. The second-order valence-corrected chi connectivity index (χ2v) is 6.47. The standard InChI is InChI=1S/C16H10ClFN4O4S/c17-9-5-6-12(13(7-9)22(24)25)19-14(23)8-27-16-21-20-15(26-16)10-3-1-2-4-11(10)18/h1-7H,8H2,(H,19,23). The fourth-order valence-electron chi connectivity index (χ4n) is 2.09. The minimum Gasteiger partial charge on any atom is -0.411 e. The normalized spacial score (nSPS) is 10.6. The summed E-state index contributed by atoms with van der Waals surface area (Å²) in [5.74, 6) is -1.18. The van der Waals surface area contributed by atoms with Crippen molar-refractivity contribution in [2.45, 2.75) is 5.22 Å². The largest absolute Gasteiger partial charge is 0.411 e. The number of carbonyl (C=O) groups excluding carboxylic acids is 1. The Morgan fingerprint density at radius 2 is 2.07 bits per heavy atom. The van der Waals surface area contributed by atoms with Crippen LogP contribution >= 0.6 is 23.4 Å². The van der Waals surface area contributed by atoms with Gasteiger partial charge in [0, 0.05) is 11.1 Å². The van der Waals surface area contributed by atoms with E-state index in [1.807, 2.05) is 0 Å². The Labute approximate surface area is 160 Å². The number of nitrogens with one attached hydrogen (secondary N) is 1. The van der Waals surface area contributed by atoms with E-state index in [1.165, 1.54) is 30.3 Å². The van der Waals surface area contributed by atoms with Crippen molar-refractivity contribution in [3.8, 4) is 11.5 Å². The zero-order chi connectivity index (χ0) is 19.4. The zero-order valence-corrected chi connectivity index (χ0v) is 15.0. The van der Waals surface area contributed by atoms with Crippen LogP contribution in [-0.2, 0) is 4.79 Å². The van der Waals surface area contributed by atoms with Crippen molar-refractivity contribution in [1.82, 2.24) is 10.2 Å². The van der Waals surface area contributed by atoms with Crippen LogP contribution < -0.4 is 5.32 Å². The van der Waals surface area contributed by atoms with Crippen LogP contribution in [0.3, 0.4) is 0 Å². The molecule has 27 heavy (non-hydrogen) atoms. The molecule has 0 unspecified atom stereocenters. The molecule has 0 spiro atoms. The molecule has 0 saturated heterocycles. The van der Waals surface area contributed by atoms with Gasteiger partial charge in [-0.15, -0.1) is 10.2 Å². The van der Waals surface area contributed by atoms with Crippen molar-refractivity contribution in [1.29, 1.82) is 0 Å². The van der Waals surface area contributed by atoms with Crippen LogP contribution in [0.1, 0.15) is 0 Å². The third kappa shape index (κ3) is 4.60. The zero-order valence-electron chi connectivity index (χ0n) is 13.4. The van der Waals surface area contributed by atoms with Gasteiger partial charge in [0.15, 0.2) is 0 Å². The molecule has 2 aromatic carbocycles. The smallest absolute Gasteiger partial charge is 0.294 e. The van der Waals surface area contributed by atoms with Gasteiger partial charge >= 0.3 is 0 Å². The van der Waals surface area contributed by atoms with Gasteiger partial charge in [0.05, 0.1) is 16.2 Å². The van der Waals surface area contributed by atoms with E-state index in [2.05, 4.69) is 15.5 Å². The number of nitrogens with zero attached hydrogens (tertiary/aromatic N) is 3. The highest BCUT2D eigenvalue weighted by molar-refractivity contribution is 7.99. The van der Waals surface area contributed by atoms with Crippen LogP contribution in [0, 0.1) is 15.9 Å². The summed E-state index contributed by atoms with van der Waals surface area (Å²) in [7, 11) is 0. The van der Waals surface area contributed by atoms with Crippen molar-refractivity contribution in [2.24, 2.45) is 0 Å². The molecule has 138 valence electrons. The molecule has 8 nitrogen and oxygen atoms in total. The quantitative estimate of drug-likeness (QED) is 0.370. The first kappa shape index (κ1) is 18.8. The van der Waals surface area contributed by atoms with Crippen molar-refractivity contribution < 1.29 is 18.5 Å². The van der Waals surface area contributed by atoms with Crippen LogP contribution in [0.5, 0.6) is 0 Å². The fraction of sp³-hybridized carbons (Fsp3) is 0.0625. The number of hydrogen-bond acceptors (Lipinski definition) is 7. The molecule has 11 heteroatoms. The summed E-state index contributed by atoms with van der Waals surface area (Å²) in [6.45, 7) is 0. The third-order valence-electron chi connectivity index (χ3n) is 3.27. The second kappa shape index (κ2) is 8.14. The molecule has 1 heterocycles. The van der Waals surface area contributed by atoms with Crippen molar-refractivity contribution in [3.05, 3.63) is 63.4 Å². The molecule has 0 saturated carbocycles. The van der Waals surface area contributed by atoms with Crippen molar-refractivity contribution in [2.75, 3.05) is 11.1 Å². The number of thioether (sulfide) groups is 1. The molecule has 3 aromatic rings. The van der Waals surface area contributed by atoms with E-state index in [-0.39, 0.29) is 38.8 Å². The average molecular weight is 409 g/mol. The Balaban J connectivity index is 1.64. The molecule has 0 fully saturated rings. The van der Waals surface area contributed by atoms with E-state index in [4.69, 9.17) is 16.0 Å². The van der Waals surface area contributed by atoms with Gasteiger partial charge in [0.1, 0.15) is 11.5 Å². The average Bonchev–Trinajstić information content (AvgIpc) is 3.10. The molecular formula is C16H10ClFN4O4S. The lowest BCUT2D eigenvalue weighted by atomic mass is 10.2. The van der Waals surface area contributed by atoms with Crippen LogP contribution in [0.25, 0.3) is 11.5 Å². The topological polar surface area (TPSA) is 111 Å². The van der Waals surface area contributed by atoms with Gasteiger partial charge in [0.2, 0.25) is 5.91 Å². The lowest BCUT2D eigenvalue weighted by molar-refractivity contribution is -0.383. The number of halogens is 2. The second-order valence-electron chi connectivity index (χ2n) is 5.11. The molecule has 0 atom stereocenters. The third-order valence-corrected chi connectivity index (χ3v) is 4.32. The Bertz CT molecular complexity index is 1010. The molecule has 1 aromatic heterocycles. The molecule has 1 amide bonds. The number of hydrogen-bond donors (Lipinski definition) is 1. The van der Waals surface area contributed by atoms with Crippen LogP contribution in [-0.4, -0.2) is 26.8 Å². The maximum atomic E-state index is 13.7. The Morgan fingerprint density at radius 1 is 1.30 bits per heavy atom. The summed E-state index contributed by atoms with van der Waals surface area (Å²) in [6, 6.07) is 9.82. The van der Waals surface area contributed by atoms with Gasteiger partial charge in [-0.05, 0) is 24.3 Å². The molecule has 0 aliphatic heterocycles. The molecular weight excluding hydrogens is 399 g/mol. The Hall–Kier alpha value is -2.98. The number of rotatable bonds is 6. The van der Waals surface area contributed by atoms with Crippen LogP contribution in [0.15, 0.2) is 52.1 Å². The highest BCUT2D eigenvalue weighted by atomic mass is 35.5. The van der Waals surface area contributed by atoms with Gasteiger partial charge in [-0.3, -0.25) is 14.9 Å². The number of amides is 1. The maximum absolute atomic E-state index is 13.7. The predicted molar refractivity (Wildman–Crippen MR) is 97.2 cm³/mol. The number of aromatic nitrogens is 2. The Kier molecular flexibility index (Phi) is 5.67. The fourth-order valence-corrected chi connectivity index (χ4v) is 2.82. The lowest BCUT2D eigenvalue weighted by Gasteiger charge is -2.05. The van der Waals surface area contributed by atoms with Gasteiger partial charge in [-0.25, -0.2) is 4.39 Å². The summed E-state index contributed by atoms with van der Waals surface area (Å²) in [4.78, 5) is 22.4. The summed E-state index contributed by atoms with van der Waals surface area (Å²) >= 11 is 6.64. The first-order chi connectivity index (χ1) is 12.9. The Morgan fingerprint density at radius 3 is 2.81 bits per heavy atom. The molecule has 0 radical (unpaired) electrons. The molecule has 3 rings (SSSR count). The highest BCUT2D eigenvalue weighted by Crippen LogP contribution is 2.29. The van der Waals surface area contributed by atoms with E-state index in [0.717, 1.165) is 17.8 Å². The molecule has 0 bridgehead atoms. The van der Waals surface area contributed by atoms with Crippen molar-refractivity contribution in [3.63, 3.8) is 0 Å². The summed E-state index contributed by atoms with van der Waals surface area (Å²) < 4.78 is 19.0. The first-order valence-electron chi connectivity index (χ1n) is 7.39. The van der Waals surface area contributed by atoms with Crippen LogP contribution in [0.2, 0.25) is 5.02 Å². The summed E-state index contributed by atoms with van der Waals surface area (Å²) in [5, 5.41) is 21.2. The van der Waals surface area contributed by atoms with Gasteiger partial charge in [0.25, 0.3) is 16.8 Å². The molecule has 1 N–H and O–H groups in total. The van der Waals surface area contributed by atoms with Gasteiger partial charge in [-0.1, -0.05) is 35.5 Å². The lowest BCUT2D eigenvalue weighted by Crippen LogP contribution is -2.15. The molecule has 0 aliphatic carbocycles. The number of carbonyl (C=O) groups is 1. The summed E-state index contributed by atoms with van der Waals surface area (Å²) in [6.07, 6.45) is 0.